The van der Waals surface area contributed by atoms with Gasteiger partial charge in [-0.2, -0.15) is 0 Å². The zero-order valence-corrected chi connectivity index (χ0v) is 27.1. The molecule has 3 N–H and O–H groups in total. The summed E-state index contributed by atoms with van der Waals surface area (Å²) in [6, 6.07) is 17.2. The quantitative estimate of drug-likeness (QED) is 0.164. The highest BCUT2D eigenvalue weighted by atomic mass is 16.4. The molecule has 6 rings (SSSR count). The van der Waals surface area contributed by atoms with Gasteiger partial charge < -0.3 is 20.5 Å². The second-order valence-corrected chi connectivity index (χ2v) is 10.3. The van der Waals surface area contributed by atoms with Crippen LogP contribution in [0, 0.1) is 0 Å². The molecule has 19 nitrogen and oxygen atoms in total. The number of hydrogen-bond acceptors (Lipinski definition) is 16. The van der Waals surface area contributed by atoms with E-state index in [1.165, 1.54) is 19.3 Å². The van der Waals surface area contributed by atoms with Crippen LogP contribution < -0.4 is 10.6 Å². The highest BCUT2D eigenvalue weighted by molar-refractivity contribution is 6.02. The summed E-state index contributed by atoms with van der Waals surface area (Å²) in [4.78, 5) is 61.0. The molecule has 2 amide bonds. The van der Waals surface area contributed by atoms with Gasteiger partial charge in [0, 0.05) is 37.4 Å². The minimum Gasteiger partial charge on any atom is -0.478 e. The van der Waals surface area contributed by atoms with Crippen LogP contribution in [0.5, 0.6) is 0 Å². The van der Waals surface area contributed by atoms with Crippen molar-refractivity contribution in [2.24, 2.45) is 0 Å². The van der Waals surface area contributed by atoms with Gasteiger partial charge in [-0.25, -0.2) is 4.79 Å². The average molecular weight is 699 g/mol. The second-order valence-electron chi connectivity index (χ2n) is 10.3. The Kier molecular flexibility index (Phi) is 12.1. The number of aromatic nitrogens is 12. The summed E-state index contributed by atoms with van der Waals surface area (Å²) in [5, 5.41) is 45.6. The van der Waals surface area contributed by atoms with Gasteiger partial charge >= 0.3 is 5.97 Å². The lowest BCUT2D eigenvalue weighted by atomic mass is 10.2. The van der Waals surface area contributed by atoms with E-state index in [4.69, 9.17) is 5.11 Å². The van der Waals surface area contributed by atoms with E-state index in [1.807, 2.05) is 6.07 Å². The predicted molar refractivity (Wildman–Crippen MR) is 182 cm³/mol. The van der Waals surface area contributed by atoms with Crippen LogP contribution in [0.2, 0.25) is 0 Å². The lowest BCUT2D eigenvalue weighted by molar-refractivity contribution is -0.131. The molecule has 0 saturated carbocycles. The largest absolute Gasteiger partial charge is 0.478 e. The molecule has 0 aromatic carbocycles. The fraction of sp³-hybridized carbons (Fsp3) is 0.0909. The molecule has 6 heterocycles. The Bertz CT molecular complexity index is 2150. The van der Waals surface area contributed by atoms with Crippen molar-refractivity contribution in [2.75, 3.05) is 10.6 Å². The van der Waals surface area contributed by atoms with E-state index in [0.717, 1.165) is 12.2 Å². The highest BCUT2D eigenvalue weighted by Gasteiger charge is 2.11. The van der Waals surface area contributed by atoms with Crippen molar-refractivity contribution in [1.29, 1.82) is 0 Å². The second kappa shape index (κ2) is 17.6. The lowest BCUT2D eigenvalue weighted by Crippen LogP contribution is -2.12. The fourth-order valence-corrected chi connectivity index (χ4v) is 3.90. The zero-order valence-electron chi connectivity index (χ0n) is 27.1. The monoisotopic (exact) mass is 698 g/mol. The van der Waals surface area contributed by atoms with Crippen molar-refractivity contribution >= 4 is 34.9 Å². The van der Waals surface area contributed by atoms with Crippen molar-refractivity contribution in [3.63, 3.8) is 0 Å². The summed E-state index contributed by atoms with van der Waals surface area (Å²) in [5.74, 6) is -0.963. The van der Waals surface area contributed by atoms with Gasteiger partial charge in [-0.3, -0.25) is 29.5 Å². The van der Waals surface area contributed by atoms with Crippen LogP contribution in [-0.4, -0.2) is 89.4 Å². The van der Waals surface area contributed by atoms with Gasteiger partial charge in [-0.05, 0) is 55.5 Å². The van der Waals surface area contributed by atoms with Crippen molar-refractivity contribution in [2.45, 2.75) is 19.8 Å². The molecular formula is C33H26N14O5. The maximum atomic E-state index is 11.7. The summed E-state index contributed by atoms with van der Waals surface area (Å²) in [7, 11) is 0. The Morgan fingerprint density at radius 3 is 1.37 bits per heavy atom. The Labute approximate surface area is 293 Å². The molecule has 0 aliphatic carbocycles. The molecule has 0 fully saturated rings. The molecule has 52 heavy (non-hydrogen) atoms. The zero-order chi connectivity index (χ0) is 36.7. The SMILES string of the molecule is CC(=O)CCC(=O)Nc1ccc(-c2nnc(-c3ccccn3)nn2)nc1.O=C(O)/C=C\C(=O)Nc1ccc(-c2nnc(-c3ccccn3)nn2)nc1. The van der Waals surface area contributed by atoms with Crippen LogP contribution in [0.1, 0.15) is 19.8 Å². The number of rotatable bonds is 11. The number of carboxylic acids is 1. The number of carboxylic acid groups (broad SMARTS) is 1. The van der Waals surface area contributed by atoms with E-state index in [2.05, 4.69) is 71.4 Å². The fourth-order valence-electron chi connectivity index (χ4n) is 3.90. The van der Waals surface area contributed by atoms with Crippen LogP contribution >= 0.6 is 0 Å². The first kappa shape index (κ1) is 35.6. The molecule has 6 aromatic heterocycles. The third-order valence-corrected chi connectivity index (χ3v) is 6.36. The molecule has 6 aromatic rings. The number of aliphatic carboxylic acids is 1. The lowest BCUT2D eigenvalue weighted by Gasteiger charge is -2.05. The molecule has 0 radical (unpaired) electrons. The summed E-state index contributed by atoms with van der Waals surface area (Å²) < 4.78 is 0. The Hall–Kier alpha value is -7.70. The standard InChI is InChI=1S/C17H15N7O2.C16H11N7O3/c1-11(25)5-8-15(26)20-12-6-7-14(19-10-12)17-23-21-16(22-24-17)13-4-2-3-9-18-13;24-13(6-7-14(25)26)19-10-4-5-12(18-9-10)16-22-20-15(21-23-16)11-3-1-2-8-17-11/h2-4,6-7,9-10H,5,8H2,1H3,(H,20,26);1-9H,(H,19,24)(H,25,26)/b;7-6-. The van der Waals surface area contributed by atoms with Gasteiger partial charge in [-0.15, -0.1) is 40.8 Å². The Balaban J connectivity index is 0.000000201. The van der Waals surface area contributed by atoms with Gasteiger partial charge in [0.15, 0.2) is 0 Å². The van der Waals surface area contributed by atoms with Gasteiger partial charge in [0.1, 0.15) is 28.6 Å². The predicted octanol–water partition coefficient (Wildman–Crippen LogP) is 2.67. The van der Waals surface area contributed by atoms with Crippen molar-refractivity contribution in [3.05, 3.63) is 97.6 Å². The van der Waals surface area contributed by atoms with E-state index in [1.54, 1.807) is 67.0 Å². The third kappa shape index (κ3) is 10.7. The number of ketones is 1. The smallest absolute Gasteiger partial charge is 0.328 e. The molecule has 0 aliphatic rings. The number of pyridine rings is 4. The van der Waals surface area contributed by atoms with Crippen LogP contribution in [-0.2, 0) is 19.2 Å². The minimum atomic E-state index is -1.21. The first-order valence-electron chi connectivity index (χ1n) is 15.2. The van der Waals surface area contributed by atoms with Crippen LogP contribution in [0.15, 0.2) is 97.6 Å². The Morgan fingerprint density at radius 2 is 1.00 bits per heavy atom. The first-order chi connectivity index (χ1) is 25.2. The van der Waals surface area contributed by atoms with Gasteiger partial charge in [0.25, 0.3) is 0 Å². The molecule has 0 saturated heterocycles. The van der Waals surface area contributed by atoms with Crippen molar-refractivity contribution in [1.82, 2.24) is 60.7 Å². The van der Waals surface area contributed by atoms with E-state index in [0.29, 0.717) is 45.8 Å². The van der Waals surface area contributed by atoms with E-state index < -0.39 is 11.9 Å². The van der Waals surface area contributed by atoms with Gasteiger partial charge in [-0.1, -0.05) is 12.1 Å². The van der Waals surface area contributed by atoms with Gasteiger partial charge in [0.05, 0.1) is 23.8 Å². The highest BCUT2D eigenvalue weighted by Crippen LogP contribution is 2.17. The van der Waals surface area contributed by atoms with E-state index in [-0.39, 0.29) is 36.2 Å². The number of nitrogens with one attached hydrogen (secondary N) is 2. The maximum absolute atomic E-state index is 11.7. The van der Waals surface area contributed by atoms with E-state index in [9.17, 15) is 19.2 Å². The molecule has 0 atom stereocenters. The average Bonchev–Trinajstić information content (AvgIpc) is 3.18. The number of carbonyl (C=O) groups is 4. The van der Waals surface area contributed by atoms with Crippen molar-refractivity contribution in [3.8, 4) is 46.1 Å². The van der Waals surface area contributed by atoms with Gasteiger partial charge in [0.2, 0.25) is 35.1 Å². The molecule has 0 unspecified atom stereocenters. The molecule has 19 heteroatoms. The summed E-state index contributed by atoms with van der Waals surface area (Å²) >= 11 is 0. The summed E-state index contributed by atoms with van der Waals surface area (Å²) in [6.45, 7) is 1.45. The molecule has 258 valence electrons. The van der Waals surface area contributed by atoms with Crippen LogP contribution in [0.25, 0.3) is 46.1 Å². The molecule has 0 aliphatic heterocycles. The number of anilines is 2. The maximum Gasteiger partial charge on any atom is 0.328 e. The summed E-state index contributed by atoms with van der Waals surface area (Å²) in [5.41, 5.74) is 2.93. The molecule has 0 spiro atoms. The van der Waals surface area contributed by atoms with Crippen molar-refractivity contribution < 1.29 is 24.3 Å². The van der Waals surface area contributed by atoms with E-state index >= 15 is 0 Å². The minimum absolute atomic E-state index is 0.0279. The molecular weight excluding hydrogens is 672 g/mol. The normalized spacial score (nSPS) is 10.5. The first-order valence-corrected chi connectivity index (χ1v) is 15.2. The number of hydrogen-bond donors (Lipinski definition) is 3. The number of nitrogens with zero attached hydrogens (tertiary/aromatic N) is 12. The third-order valence-electron chi connectivity index (χ3n) is 6.36. The topological polar surface area (TPSA) is 267 Å². The van der Waals surface area contributed by atoms with Crippen LogP contribution in [0.3, 0.4) is 0 Å². The van der Waals surface area contributed by atoms with Crippen LogP contribution in [0.4, 0.5) is 11.4 Å². The summed E-state index contributed by atoms with van der Waals surface area (Å²) in [6.07, 6.45) is 8.13. The molecule has 0 bridgehead atoms. The number of carbonyl (C=O) groups excluding carboxylic acids is 3. The Morgan fingerprint density at radius 1 is 0.558 bits per heavy atom. The number of Topliss-reactive ketones (excluding diaryl/α,β-unsaturated/α-hetero) is 1. The number of amides is 2.